The van der Waals surface area contributed by atoms with Crippen molar-refractivity contribution >= 4 is 25.7 Å². The minimum Gasteiger partial charge on any atom is -0.452 e. The molecule has 0 amide bonds. The third-order valence-electron chi connectivity index (χ3n) is 7.95. The Morgan fingerprint density at radius 2 is 1.10 bits per heavy atom. The van der Waals surface area contributed by atoms with Gasteiger partial charge in [0.1, 0.15) is 6.10 Å². The number of phosphoric ester groups is 1. The van der Waals surface area contributed by atoms with Gasteiger partial charge < -0.3 is 33.2 Å². The van der Waals surface area contributed by atoms with Gasteiger partial charge in [0.05, 0.1) is 94.5 Å². The highest BCUT2D eigenvalue weighted by atomic mass is 31.2. The van der Waals surface area contributed by atoms with E-state index in [9.17, 15) is 18.9 Å². The number of nitrogens with zero attached hydrogens (tertiary/aromatic N) is 5. The van der Waals surface area contributed by atoms with Crippen LogP contribution in [0.15, 0.2) is 96.1 Å². The SMILES string of the molecule is N#CCCOP(=O)(OCCC#N)OCC1O[C@H](OCCOCCOCCN=[N+]=[N-])C(OC(=O)c2ccccc2)C(OC(=O)c2ccccc2)[C@@H]1OC(=O)c1ccccc1. The zero-order valence-corrected chi connectivity index (χ0v) is 32.6. The fourth-order valence-corrected chi connectivity index (χ4v) is 6.41. The summed E-state index contributed by atoms with van der Waals surface area (Å²) in [7, 11) is -4.52. The largest absolute Gasteiger partial charge is 0.474 e. The predicted molar refractivity (Wildman–Crippen MR) is 203 cm³/mol. The average molecular weight is 836 g/mol. The normalized spacial score (nSPS) is 18.6. The van der Waals surface area contributed by atoms with Gasteiger partial charge in [-0.25, -0.2) is 18.9 Å². The van der Waals surface area contributed by atoms with Crippen molar-refractivity contribution in [1.29, 1.82) is 10.5 Å². The standard InChI is InChI=1S/C39H42N5O14P/c40-18-10-21-52-59(48,53-22-11-19-41)54-28-32-33(56-36(45)29-12-4-1-5-13-29)34(57-37(46)30-14-6-2-7-15-30)35(58-38(47)31-16-8-3-9-17-31)39(55-32)51-27-26-50-25-24-49-23-20-43-44-42/h1-9,12-17,32-35,39H,10-11,20-28H2/t32?,33-,34?,35?,39+/m1/s1. The highest BCUT2D eigenvalue weighted by molar-refractivity contribution is 7.48. The molecule has 3 aromatic carbocycles. The lowest BCUT2D eigenvalue weighted by Gasteiger charge is -2.44. The third-order valence-corrected chi connectivity index (χ3v) is 9.42. The second-order valence-corrected chi connectivity index (χ2v) is 13.7. The molecule has 312 valence electrons. The number of carbonyl (C=O) groups excluding carboxylic acids is 3. The van der Waals surface area contributed by atoms with Gasteiger partial charge in [-0.2, -0.15) is 10.5 Å². The quantitative estimate of drug-likeness (QED) is 0.0188. The number of phosphoric acid groups is 1. The van der Waals surface area contributed by atoms with E-state index in [2.05, 4.69) is 10.0 Å². The lowest BCUT2D eigenvalue weighted by Crippen LogP contribution is -2.63. The average Bonchev–Trinajstić information content (AvgIpc) is 3.26. The van der Waals surface area contributed by atoms with Crippen molar-refractivity contribution < 1.29 is 65.7 Å². The van der Waals surface area contributed by atoms with Crippen LogP contribution in [0.3, 0.4) is 0 Å². The van der Waals surface area contributed by atoms with Crippen molar-refractivity contribution in [3.63, 3.8) is 0 Å². The van der Waals surface area contributed by atoms with E-state index in [1.54, 1.807) is 54.6 Å². The number of esters is 3. The van der Waals surface area contributed by atoms with Crippen LogP contribution in [0.5, 0.6) is 0 Å². The third kappa shape index (κ3) is 15.5. The first-order valence-corrected chi connectivity index (χ1v) is 19.7. The zero-order valence-electron chi connectivity index (χ0n) is 31.7. The number of rotatable bonds is 25. The molecular weight excluding hydrogens is 793 g/mol. The van der Waals surface area contributed by atoms with E-state index in [1.165, 1.54) is 36.4 Å². The van der Waals surface area contributed by atoms with Crippen molar-refractivity contribution in [3.05, 3.63) is 118 Å². The van der Waals surface area contributed by atoms with Crippen LogP contribution in [0.25, 0.3) is 10.4 Å². The molecule has 5 atom stereocenters. The highest BCUT2D eigenvalue weighted by Gasteiger charge is 2.54. The molecule has 4 rings (SSSR count). The van der Waals surface area contributed by atoms with Crippen molar-refractivity contribution in [2.45, 2.75) is 43.5 Å². The van der Waals surface area contributed by atoms with Crippen LogP contribution in [-0.2, 0) is 51.3 Å². The monoisotopic (exact) mass is 835 g/mol. The molecule has 1 aliphatic rings. The second kappa shape index (κ2) is 25.6. The summed E-state index contributed by atoms with van der Waals surface area (Å²) in [6.45, 7) is -1.02. The molecule has 0 N–H and O–H groups in total. The summed E-state index contributed by atoms with van der Waals surface area (Å²) < 4.78 is 71.3. The number of benzene rings is 3. The summed E-state index contributed by atoms with van der Waals surface area (Å²) >= 11 is 0. The fraction of sp³-hybridized carbons (Fsp3) is 0.410. The Kier molecular flexibility index (Phi) is 20.0. The van der Waals surface area contributed by atoms with Gasteiger partial charge in [-0.1, -0.05) is 59.7 Å². The van der Waals surface area contributed by atoms with E-state index in [0.29, 0.717) is 0 Å². The van der Waals surface area contributed by atoms with Crippen LogP contribution in [0, 0.1) is 22.7 Å². The summed E-state index contributed by atoms with van der Waals surface area (Å²) in [5.74, 6) is -2.66. The van der Waals surface area contributed by atoms with Crippen LogP contribution in [-0.4, -0.2) is 108 Å². The molecule has 0 aromatic heterocycles. The summed E-state index contributed by atoms with van der Waals surface area (Å²) in [4.78, 5) is 43.8. The van der Waals surface area contributed by atoms with E-state index in [-0.39, 0.29) is 82.3 Å². The molecule has 0 saturated carbocycles. The zero-order chi connectivity index (χ0) is 42.1. The molecule has 0 spiro atoms. The smallest absolute Gasteiger partial charge is 0.452 e. The van der Waals surface area contributed by atoms with E-state index in [1.807, 2.05) is 12.1 Å². The van der Waals surface area contributed by atoms with Crippen LogP contribution < -0.4 is 0 Å². The molecular formula is C39H42N5O14P. The van der Waals surface area contributed by atoms with Crippen molar-refractivity contribution in [2.24, 2.45) is 5.11 Å². The van der Waals surface area contributed by atoms with Gasteiger partial charge in [-0.05, 0) is 41.9 Å². The Bertz CT molecular complexity index is 1920. The Morgan fingerprint density at radius 1 is 0.644 bits per heavy atom. The molecule has 19 nitrogen and oxygen atoms in total. The number of carbonyl (C=O) groups is 3. The second-order valence-electron chi connectivity index (χ2n) is 12.0. The number of nitriles is 2. The van der Waals surface area contributed by atoms with Gasteiger partial charge in [0, 0.05) is 11.5 Å². The van der Waals surface area contributed by atoms with Gasteiger partial charge >= 0.3 is 25.7 Å². The molecule has 0 bridgehead atoms. The molecule has 1 aliphatic heterocycles. The van der Waals surface area contributed by atoms with Crippen molar-refractivity contribution in [3.8, 4) is 12.1 Å². The Balaban J connectivity index is 1.71. The molecule has 1 heterocycles. The summed E-state index contributed by atoms with van der Waals surface area (Å²) in [5.41, 5.74) is 8.72. The summed E-state index contributed by atoms with van der Waals surface area (Å²) in [6, 6.07) is 27.3. The minimum absolute atomic E-state index is 0.0321. The Hall–Kier alpha value is -5.69. The Morgan fingerprint density at radius 3 is 1.59 bits per heavy atom. The fourth-order valence-electron chi connectivity index (χ4n) is 5.22. The molecule has 1 saturated heterocycles. The van der Waals surface area contributed by atoms with Crippen molar-refractivity contribution in [2.75, 3.05) is 59.4 Å². The lowest BCUT2D eigenvalue weighted by atomic mass is 9.97. The molecule has 0 aliphatic carbocycles. The number of azide groups is 1. The lowest BCUT2D eigenvalue weighted by molar-refractivity contribution is -0.299. The van der Waals surface area contributed by atoms with Gasteiger partial charge in [0.25, 0.3) is 0 Å². The molecule has 3 aromatic rings. The number of hydrogen-bond donors (Lipinski definition) is 0. The van der Waals surface area contributed by atoms with E-state index < -0.39 is 63.0 Å². The maximum absolute atomic E-state index is 13.8. The molecule has 0 radical (unpaired) electrons. The van der Waals surface area contributed by atoms with Crippen molar-refractivity contribution in [1.82, 2.24) is 0 Å². The van der Waals surface area contributed by atoms with Crippen LogP contribution in [0.1, 0.15) is 43.9 Å². The number of hydrogen-bond acceptors (Lipinski definition) is 17. The maximum atomic E-state index is 13.8. The van der Waals surface area contributed by atoms with Crippen LogP contribution in [0.2, 0.25) is 0 Å². The topological polar surface area (TPSA) is 257 Å². The summed E-state index contributed by atoms with van der Waals surface area (Å²) in [5, 5.41) is 21.5. The minimum atomic E-state index is -4.52. The van der Waals surface area contributed by atoms with E-state index >= 15 is 0 Å². The maximum Gasteiger partial charge on any atom is 0.474 e. The number of ether oxygens (including phenoxy) is 7. The molecule has 20 heteroatoms. The van der Waals surface area contributed by atoms with Gasteiger partial charge in [0.2, 0.25) is 0 Å². The molecule has 3 unspecified atom stereocenters. The highest BCUT2D eigenvalue weighted by Crippen LogP contribution is 2.50. The first kappa shape index (κ1) is 46.0. The van der Waals surface area contributed by atoms with E-state index in [4.69, 9.17) is 62.8 Å². The van der Waals surface area contributed by atoms with Gasteiger partial charge in [0.15, 0.2) is 24.6 Å². The molecule has 59 heavy (non-hydrogen) atoms. The first-order chi connectivity index (χ1) is 28.8. The first-order valence-electron chi connectivity index (χ1n) is 18.3. The predicted octanol–water partition coefficient (Wildman–Crippen LogP) is 5.73. The van der Waals surface area contributed by atoms with Crippen LogP contribution >= 0.6 is 7.82 Å². The van der Waals surface area contributed by atoms with Crippen LogP contribution in [0.4, 0.5) is 0 Å². The van der Waals surface area contributed by atoms with E-state index in [0.717, 1.165) is 0 Å². The Labute approximate surface area is 339 Å². The van der Waals surface area contributed by atoms with Gasteiger partial charge in [-0.15, -0.1) is 0 Å². The molecule has 1 fully saturated rings. The summed E-state index contributed by atoms with van der Waals surface area (Å²) in [6.07, 6.45) is -8.36. The van der Waals surface area contributed by atoms with Gasteiger partial charge in [-0.3, -0.25) is 13.6 Å².